The summed E-state index contributed by atoms with van der Waals surface area (Å²) in [6.45, 7) is 2.71. The van der Waals surface area contributed by atoms with Gasteiger partial charge in [-0.05, 0) is 45.4 Å². The van der Waals surface area contributed by atoms with Gasteiger partial charge in [0.05, 0.1) is 12.0 Å². The van der Waals surface area contributed by atoms with Gasteiger partial charge in [-0.2, -0.15) is 0 Å². The van der Waals surface area contributed by atoms with Crippen LogP contribution in [0.25, 0.3) is 0 Å². The summed E-state index contributed by atoms with van der Waals surface area (Å²) in [5.41, 5.74) is 0. The van der Waals surface area contributed by atoms with E-state index in [4.69, 9.17) is 9.84 Å². The van der Waals surface area contributed by atoms with Crippen LogP contribution in [0.5, 0.6) is 0 Å². The second kappa shape index (κ2) is 7.11. The van der Waals surface area contributed by atoms with Crippen molar-refractivity contribution in [3.63, 3.8) is 0 Å². The lowest BCUT2D eigenvalue weighted by atomic mass is 9.86. The first-order chi connectivity index (χ1) is 10.0. The molecule has 6 nitrogen and oxygen atoms in total. The third kappa shape index (κ3) is 4.09. The number of aliphatic carboxylic acids is 1. The maximum Gasteiger partial charge on any atom is 0.317 e. The van der Waals surface area contributed by atoms with Gasteiger partial charge >= 0.3 is 12.0 Å². The molecule has 2 saturated carbocycles. The number of urea groups is 1. The quantitative estimate of drug-likeness (QED) is 0.811. The Balaban J connectivity index is 1.69. The first-order valence-electron chi connectivity index (χ1n) is 7.89. The van der Waals surface area contributed by atoms with Crippen molar-refractivity contribution in [2.24, 2.45) is 5.92 Å². The molecule has 0 heterocycles. The zero-order chi connectivity index (χ0) is 15.4. The van der Waals surface area contributed by atoms with Gasteiger partial charge < -0.3 is 20.1 Å². The Morgan fingerprint density at radius 1 is 1.24 bits per heavy atom. The standard InChI is InChI=1S/C15H26N2O4/c1-3-21-13-8-12(9-13)17(2)15(20)16-11-6-4-10(5-7-11)14(18)19/h10-13H,3-9H2,1-2H3,(H,16,20)(H,18,19). The highest BCUT2D eigenvalue weighted by atomic mass is 16.5. The van der Waals surface area contributed by atoms with E-state index in [-0.39, 0.29) is 24.0 Å². The molecule has 2 amide bonds. The predicted molar refractivity (Wildman–Crippen MR) is 78.1 cm³/mol. The van der Waals surface area contributed by atoms with Crippen LogP contribution in [-0.4, -0.2) is 53.8 Å². The van der Waals surface area contributed by atoms with E-state index in [9.17, 15) is 9.59 Å². The average Bonchev–Trinajstić information content (AvgIpc) is 2.42. The Labute approximate surface area is 125 Å². The van der Waals surface area contributed by atoms with Crippen molar-refractivity contribution in [2.45, 2.75) is 63.6 Å². The van der Waals surface area contributed by atoms with Gasteiger partial charge in [0.25, 0.3) is 0 Å². The van der Waals surface area contributed by atoms with Crippen molar-refractivity contribution >= 4 is 12.0 Å². The molecule has 0 aromatic carbocycles. The molecule has 21 heavy (non-hydrogen) atoms. The molecule has 0 aromatic rings. The number of carboxylic acid groups (broad SMARTS) is 1. The topological polar surface area (TPSA) is 78.9 Å². The van der Waals surface area contributed by atoms with Gasteiger partial charge in [-0.1, -0.05) is 0 Å². The zero-order valence-corrected chi connectivity index (χ0v) is 12.9. The monoisotopic (exact) mass is 298 g/mol. The highest BCUT2D eigenvalue weighted by Crippen LogP contribution is 2.28. The first-order valence-corrected chi connectivity index (χ1v) is 7.89. The minimum atomic E-state index is -0.715. The Hall–Kier alpha value is -1.30. The van der Waals surface area contributed by atoms with E-state index < -0.39 is 5.97 Å². The van der Waals surface area contributed by atoms with Crippen LogP contribution < -0.4 is 5.32 Å². The van der Waals surface area contributed by atoms with Gasteiger partial charge in [0.1, 0.15) is 0 Å². The lowest BCUT2D eigenvalue weighted by Crippen LogP contribution is -2.53. The van der Waals surface area contributed by atoms with Crippen LogP contribution in [-0.2, 0) is 9.53 Å². The number of carbonyl (C=O) groups is 2. The van der Waals surface area contributed by atoms with Gasteiger partial charge in [-0.15, -0.1) is 0 Å². The number of carboxylic acids is 1. The molecule has 2 rings (SSSR count). The minimum Gasteiger partial charge on any atom is -0.481 e. The second-order valence-corrected chi connectivity index (χ2v) is 6.15. The fourth-order valence-electron chi connectivity index (χ4n) is 3.15. The van der Waals surface area contributed by atoms with Crippen molar-refractivity contribution in [2.75, 3.05) is 13.7 Å². The molecule has 2 aliphatic rings. The summed E-state index contributed by atoms with van der Waals surface area (Å²) in [7, 11) is 1.82. The summed E-state index contributed by atoms with van der Waals surface area (Å²) in [6, 6.07) is 0.323. The Morgan fingerprint density at radius 3 is 2.38 bits per heavy atom. The van der Waals surface area contributed by atoms with Gasteiger partial charge in [0, 0.05) is 25.7 Å². The first kappa shape index (κ1) is 16.1. The van der Waals surface area contributed by atoms with Crippen molar-refractivity contribution in [3.8, 4) is 0 Å². The van der Waals surface area contributed by atoms with E-state index in [2.05, 4.69) is 5.32 Å². The molecule has 2 fully saturated rings. The fourth-order valence-corrected chi connectivity index (χ4v) is 3.15. The summed E-state index contributed by atoms with van der Waals surface area (Å²) in [5.74, 6) is -0.956. The number of rotatable bonds is 5. The Bertz CT molecular complexity index is 374. The molecule has 6 heteroatoms. The smallest absolute Gasteiger partial charge is 0.317 e. The van der Waals surface area contributed by atoms with E-state index in [0.29, 0.717) is 18.9 Å². The summed E-state index contributed by atoms with van der Waals surface area (Å²) >= 11 is 0. The maximum atomic E-state index is 12.2. The SMILES string of the molecule is CCOC1CC(N(C)C(=O)NC2CCC(C(=O)O)CC2)C1. The van der Waals surface area contributed by atoms with Crippen LogP contribution in [0.1, 0.15) is 45.4 Å². The molecule has 2 N–H and O–H groups in total. The van der Waals surface area contributed by atoms with Crippen LogP contribution in [0, 0.1) is 5.92 Å². The third-order valence-electron chi connectivity index (χ3n) is 4.74. The van der Waals surface area contributed by atoms with Gasteiger partial charge in [0.15, 0.2) is 0 Å². The number of ether oxygens (including phenoxy) is 1. The number of hydrogen-bond acceptors (Lipinski definition) is 3. The molecule has 0 aromatic heterocycles. The highest BCUT2D eigenvalue weighted by Gasteiger charge is 2.35. The van der Waals surface area contributed by atoms with E-state index in [1.807, 2.05) is 14.0 Å². The number of nitrogens with zero attached hydrogens (tertiary/aromatic N) is 1. The van der Waals surface area contributed by atoms with Gasteiger partial charge in [0.2, 0.25) is 0 Å². The van der Waals surface area contributed by atoms with Crippen molar-refractivity contribution < 1.29 is 19.4 Å². The Kier molecular flexibility index (Phi) is 5.45. The van der Waals surface area contributed by atoms with Crippen LogP contribution >= 0.6 is 0 Å². The van der Waals surface area contributed by atoms with Gasteiger partial charge in [-0.25, -0.2) is 4.79 Å². The van der Waals surface area contributed by atoms with E-state index in [1.165, 1.54) is 0 Å². The number of amides is 2. The molecule has 0 bridgehead atoms. The molecule has 0 unspecified atom stereocenters. The van der Waals surface area contributed by atoms with Crippen LogP contribution in [0.3, 0.4) is 0 Å². The normalized spacial score (nSPS) is 32.1. The lowest BCUT2D eigenvalue weighted by molar-refractivity contribution is -0.142. The lowest BCUT2D eigenvalue weighted by Gasteiger charge is -2.41. The molecular formula is C15H26N2O4. The molecule has 2 aliphatic carbocycles. The summed E-state index contributed by atoms with van der Waals surface area (Å²) in [6.07, 6.45) is 4.92. The van der Waals surface area contributed by atoms with Crippen molar-refractivity contribution in [3.05, 3.63) is 0 Å². The molecule has 0 spiro atoms. The molecule has 0 atom stereocenters. The average molecular weight is 298 g/mol. The number of nitrogens with one attached hydrogen (secondary N) is 1. The van der Waals surface area contributed by atoms with E-state index in [1.54, 1.807) is 4.90 Å². The fraction of sp³-hybridized carbons (Fsp3) is 0.867. The van der Waals surface area contributed by atoms with Gasteiger partial charge in [-0.3, -0.25) is 4.79 Å². The molecular weight excluding hydrogens is 272 g/mol. The van der Waals surface area contributed by atoms with E-state index >= 15 is 0 Å². The molecule has 120 valence electrons. The predicted octanol–water partition coefficient (Wildman–Crippen LogP) is 1.84. The second-order valence-electron chi connectivity index (χ2n) is 6.15. The molecule has 0 aliphatic heterocycles. The number of hydrogen-bond donors (Lipinski definition) is 2. The highest BCUT2D eigenvalue weighted by molar-refractivity contribution is 5.75. The largest absolute Gasteiger partial charge is 0.481 e. The van der Waals surface area contributed by atoms with Crippen LogP contribution in [0.15, 0.2) is 0 Å². The molecule has 0 saturated heterocycles. The third-order valence-corrected chi connectivity index (χ3v) is 4.74. The number of carbonyl (C=O) groups excluding carboxylic acids is 1. The zero-order valence-electron chi connectivity index (χ0n) is 12.9. The maximum absolute atomic E-state index is 12.2. The van der Waals surface area contributed by atoms with Crippen LogP contribution in [0.4, 0.5) is 4.79 Å². The summed E-state index contributed by atoms with van der Waals surface area (Å²) in [4.78, 5) is 24.8. The summed E-state index contributed by atoms with van der Waals surface area (Å²) in [5, 5.41) is 12.0. The summed E-state index contributed by atoms with van der Waals surface area (Å²) < 4.78 is 5.51. The van der Waals surface area contributed by atoms with Crippen LogP contribution in [0.2, 0.25) is 0 Å². The van der Waals surface area contributed by atoms with E-state index in [0.717, 1.165) is 32.3 Å². The molecule has 0 radical (unpaired) electrons. The Morgan fingerprint density at radius 2 is 1.86 bits per heavy atom. The van der Waals surface area contributed by atoms with Crippen molar-refractivity contribution in [1.82, 2.24) is 10.2 Å². The van der Waals surface area contributed by atoms with Crippen molar-refractivity contribution in [1.29, 1.82) is 0 Å². The minimum absolute atomic E-state index is 0.0475.